The molecule has 5 heteroatoms. The number of hydrogen-bond donors (Lipinski definition) is 1. The Morgan fingerprint density at radius 3 is 3.11 bits per heavy atom. The maximum absolute atomic E-state index is 9.44. The van der Waals surface area contributed by atoms with Crippen molar-refractivity contribution in [3.05, 3.63) is 30.2 Å². The number of hydrogen-bond acceptors (Lipinski definition) is 5. The molecule has 2 aromatic heterocycles. The van der Waals surface area contributed by atoms with Gasteiger partial charge in [-0.2, -0.15) is 0 Å². The van der Waals surface area contributed by atoms with Crippen LogP contribution in [0.1, 0.15) is 19.0 Å². The van der Waals surface area contributed by atoms with Crippen LogP contribution in [0.3, 0.4) is 0 Å². The Bertz CT molecular complexity index is 521. The molecule has 1 fully saturated rings. The van der Waals surface area contributed by atoms with E-state index in [1.165, 1.54) is 0 Å². The number of aromatic nitrogens is 1. The minimum atomic E-state index is 0.198. The van der Waals surface area contributed by atoms with Crippen LogP contribution in [0.4, 0.5) is 0 Å². The molecule has 1 saturated heterocycles. The molecule has 102 valence electrons. The van der Waals surface area contributed by atoms with Gasteiger partial charge in [0.1, 0.15) is 0 Å². The van der Waals surface area contributed by atoms with Crippen LogP contribution in [-0.2, 0) is 6.54 Å². The number of aliphatic hydroxyl groups is 1. The smallest absolute Gasteiger partial charge is 0.202 e. The van der Waals surface area contributed by atoms with Crippen LogP contribution in [0.2, 0.25) is 0 Å². The summed E-state index contributed by atoms with van der Waals surface area (Å²) in [6.07, 6.45) is 2.73. The lowest BCUT2D eigenvalue weighted by molar-refractivity contribution is 0.132. The van der Waals surface area contributed by atoms with E-state index in [4.69, 9.17) is 8.94 Å². The summed E-state index contributed by atoms with van der Waals surface area (Å²) in [5, 5.41) is 13.5. The average Bonchev–Trinajstić information content (AvgIpc) is 3.11. The molecular weight excluding hydrogens is 244 g/mol. The largest absolute Gasteiger partial charge is 0.461 e. The van der Waals surface area contributed by atoms with Crippen molar-refractivity contribution in [3.63, 3.8) is 0 Å². The summed E-state index contributed by atoms with van der Waals surface area (Å²) >= 11 is 0. The highest BCUT2D eigenvalue weighted by atomic mass is 16.5. The van der Waals surface area contributed by atoms with Gasteiger partial charge in [0.2, 0.25) is 5.76 Å². The zero-order chi connectivity index (χ0) is 13.2. The number of aliphatic hydroxyl groups excluding tert-OH is 1. The highest BCUT2D eigenvalue weighted by molar-refractivity contribution is 5.49. The van der Waals surface area contributed by atoms with E-state index < -0.39 is 0 Å². The number of nitrogens with zero attached hydrogens (tertiary/aromatic N) is 2. The molecule has 0 aliphatic carbocycles. The summed E-state index contributed by atoms with van der Waals surface area (Å²) in [7, 11) is 0. The molecule has 2 aromatic rings. The van der Waals surface area contributed by atoms with Crippen molar-refractivity contribution in [1.82, 2.24) is 10.1 Å². The first kappa shape index (κ1) is 12.4. The second-order valence-electron chi connectivity index (χ2n) is 5.15. The Hall–Kier alpha value is -1.59. The Morgan fingerprint density at radius 1 is 1.47 bits per heavy atom. The molecule has 1 aliphatic heterocycles. The summed E-state index contributed by atoms with van der Waals surface area (Å²) in [5.41, 5.74) is 0.874. The van der Waals surface area contributed by atoms with Crippen LogP contribution in [0.25, 0.3) is 11.5 Å². The van der Waals surface area contributed by atoms with Gasteiger partial charge < -0.3 is 14.0 Å². The summed E-state index contributed by atoms with van der Waals surface area (Å²) in [6, 6.07) is 5.79. The number of furan rings is 1. The molecule has 1 aliphatic rings. The Morgan fingerprint density at radius 2 is 2.37 bits per heavy atom. The fourth-order valence-electron chi connectivity index (χ4n) is 2.71. The topological polar surface area (TPSA) is 62.6 Å². The average molecular weight is 262 g/mol. The minimum Gasteiger partial charge on any atom is -0.461 e. The van der Waals surface area contributed by atoms with Gasteiger partial charge in [0.25, 0.3) is 0 Å². The Balaban J connectivity index is 1.71. The van der Waals surface area contributed by atoms with Crippen LogP contribution < -0.4 is 0 Å². The third-order valence-corrected chi connectivity index (χ3v) is 3.87. The molecule has 0 amide bonds. The van der Waals surface area contributed by atoms with E-state index in [0.29, 0.717) is 24.0 Å². The summed E-state index contributed by atoms with van der Waals surface area (Å²) in [6.45, 7) is 4.08. The van der Waals surface area contributed by atoms with E-state index in [-0.39, 0.29) is 12.6 Å². The predicted molar refractivity (Wildman–Crippen MR) is 69.3 cm³/mol. The molecule has 0 saturated carbocycles. The first-order valence-corrected chi connectivity index (χ1v) is 6.62. The van der Waals surface area contributed by atoms with E-state index >= 15 is 0 Å². The van der Waals surface area contributed by atoms with E-state index in [9.17, 15) is 5.11 Å². The molecule has 3 rings (SSSR count). The van der Waals surface area contributed by atoms with Gasteiger partial charge in [0, 0.05) is 18.7 Å². The lowest BCUT2D eigenvalue weighted by Crippen LogP contribution is -2.34. The molecular formula is C14H18N2O3. The van der Waals surface area contributed by atoms with Crippen LogP contribution >= 0.6 is 0 Å². The third kappa shape index (κ3) is 2.43. The lowest BCUT2D eigenvalue weighted by Gasteiger charge is -2.23. The highest BCUT2D eigenvalue weighted by Crippen LogP contribution is 2.26. The fraction of sp³-hybridized carbons (Fsp3) is 0.500. The van der Waals surface area contributed by atoms with Crippen LogP contribution in [-0.4, -0.2) is 34.4 Å². The molecule has 1 N–H and O–H groups in total. The van der Waals surface area contributed by atoms with Gasteiger partial charge >= 0.3 is 0 Å². The van der Waals surface area contributed by atoms with Gasteiger partial charge in [-0.1, -0.05) is 12.1 Å². The first-order valence-electron chi connectivity index (χ1n) is 6.62. The molecule has 2 unspecified atom stereocenters. The van der Waals surface area contributed by atoms with E-state index in [0.717, 1.165) is 18.7 Å². The molecule has 3 heterocycles. The molecule has 0 radical (unpaired) electrons. The minimum absolute atomic E-state index is 0.198. The second kappa shape index (κ2) is 5.19. The maximum atomic E-state index is 9.44. The van der Waals surface area contributed by atoms with Gasteiger partial charge in [-0.3, -0.25) is 4.90 Å². The molecule has 2 atom stereocenters. The molecule has 5 nitrogen and oxygen atoms in total. The van der Waals surface area contributed by atoms with Crippen molar-refractivity contribution < 1.29 is 14.0 Å². The van der Waals surface area contributed by atoms with Gasteiger partial charge in [0.15, 0.2) is 5.76 Å². The second-order valence-corrected chi connectivity index (χ2v) is 5.15. The van der Waals surface area contributed by atoms with Crippen molar-refractivity contribution in [3.8, 4) is 11.5 Å². The monoisotopic (exact) mass is 262 g/mol. The zero-order valence-corrected chi connectivity index (χ0v) is 11.0. The number of likely N-dealkylation sites (tertiary alicyclic amines) is 1. The van der Waals surface area contributed by atoms with Crippen LogP contribution in [0.15, 0.2) is 33.4 Å². The van der Waals surface area contributed by atoms with Gasteiger partial charge in [-0.15, -0.1) is 0 Å². The van der Waals surface area contributed by atoms with Crippen molar-refractivity contribution in [1.29, 1.82) is 0 Å². The SMILES string of the molecule is CC1CCN(Cc2cc(-c3ccco3)on2)C1CO. The van der Waals surface area contributed by atoms with Crippen molar-refractivity contribution in [2.24, 2.45) is 5.92 Å². The Kier molecular flexibility index (Phi) is 3.40. The quantitative estimate of drug-likeness (QED) is 0.914. The van der Waals surface area contributed by atoms with E-state index in [2.05, 4.69) is 17.0 Å². The van der Waals surface area contributed by atoms with Crippen LogP contribution in [0, 0.1) is 5.92 Å². The fourth-order valence-corrected chi connectivity index (χ4v) is 2.71. The first-order chi connectivity index (χ1) is 9.28. The standard InChI is InChI=1S/C14H18N2O3/c1-10-4-5-16(12(10)9-17)8-11-7-14(19-15-11)13-3-2-6-18-13/h2-3,6-7,10,12,17H,4-5,8-9H2,1H3. The number of rotatable bonds is 4. The highest BCUT2D eigenvalue weighted by Gasteiger charge is 2.30. The van der Waals surface area contributed by atoms with Gasteiger partial charge in [0.05, 0.1) is 18.6 Å². The summed E-state index contributed by atoms with van der Waals surface area (Å²) in [4.78, 5) is 2.26. The van der Waals surface area contributed by atoms with Gasteiger partial charge in [-0.25, -0.2) is 0 Å². The van der Waals surface area contributed by atoms with Crippen molar-refractivity contribution in [2.75, 3.05) is 13.2 Å². The zero-order valence-electron chi connectivity index (χ0n) is 11.0. The van der Waals surface area contributed by atoms with E-state index in [1.807, 2.05) is 18.2 Å². The van der Waals surface area contributed by atoms with E-state index in [1.54, 1.807) is 6.26 Å². The van der Waals surface area contributed by atoms with Gasteiger partial charge in [-0.05, 0) is 31.0 Å². The van der Waals surface area contributed by atoms with Crippen LogP contribution in [0.5, 0.6) is 0 Å². The van der Waals surface area contributed by atoms with Crippen molar-refractivity contribution in [2.45, 2.75) is 25.9 Å². The summed E-state index contributed by atoms with van der Waals surface area (Å²) in [5.74, 6) is 1.86. The Labute approximate surface area is 111 Å². The molecule has 0 bridgehead atoms. The van der Waals surface area contributed by atoms with Crippen molar-refractivity contribution >= 4 is 0 Å². The maximum Gasteiger partial charge on any atom is 0.202 e. The lowest BCUT2D eigenvalue weighted by atomic mass is 10.0. The molecule has 0 spiro atoms. The predicted octanol–water partition coefficient (Wildman–Crippen LogP) is 2.14. The normalized spacial score (nSPS) is 24.1. The third-order valence-electron chi connectivity index (χ3n) is 3.87. The summed E-state index contributed by atoms with van der Waals surface area (Å²) < 4.78 is 10.6. The molecule has 19 heavy (non-hydrogen) atoms. The molecule has 0 aromatic carbocycles.